The van der Waals surface area contributed by atoms with Crippen LogP contribution in [0.2, 0.25) is 5.02 Å². The molecule has 1 amide bonds. The van der Waals surface area contributed by atoms with Crippen molar-refractivity contribution in [1.29, 1.82) is 0 Å². The summed E-state index contributed by atoms with van der Waals surface area (Å²) < 4.78 is 64.7. The number of alkyl halides is 3. The Hall–Kier alpha value is -1.01. The van der Waals surface area contributed by atoms with Gasteiger partial charge in [-0.2, -0.15) is 24.9 Å². The van der Waals surface area contributed by atoms with Crippen molar-refractivity contribution in [2.45, 2.75) is 6.18 Å². The van der Waals surface area contributed by atoms with E-state index in [-0.39, 0.29) is 26.9 Å². The number of thioether (sulfide) groups is 1. The number of thiophene rings is 1. The number of rotatable bonds is 5. The van der Waals surface area contributed by atoms with E-state index < -0.39 is 27.7 Å². The van der Waals surface area contributed by atoms with Crippen molar-refractivity contribution in [2.75, 3.05) is 36.9 Å². The summed E-state index contributed by atoms with van der Waals surface area (Å²) in [6, 6.07) is 3.08. The van der Waals surface area contributed by atoms with Gasteiger partial charge in [-0.05, 0) is 12.1 Å². The van der Waals surface area contributed by atoms with Gasteiger partial charge in [-0.3, -0.25) is 4.79 Å². The molecule has 2 aromatic rings. The lowest BCUT2D eigenvalue weighted by Crippen LogP contribution is -2.41. The van der Waals surface area contributed by atoms with E-state index >= 15 is 0 Å². The Morgan fingerprint density at radius 1 is 1.25 bits per heavy atom. The molecule has 12 heteroatoms. The van der Waals surface area contributed by atoms with Crippen molar-refractivity contribution in [2.24, 2.45) is 0 Å². The zero-order chi connectivity index (χ0) is 20.5. The zero-order valence-corrected chi connectivity index (χ0v) is 17.6. The van der Waals surface area contributed by atoms with E-state index in [1.165, 1.54) is 10.4 Å². The summed E-state index contributed by atoms with van der Waals surface area (Å²) in [7, 11) is -3.47. The van der Waals surface area contributed by atoms with Crippen LogP contribution in [0.5, 0.6) is 0 Å². The van der Waals surface area contributed by atoms with E-state index in [9.17, 15) is 26.4 Å². The highest BCUT2D eigenvalue weighted by Crippen LogP contribution is 2.39. The van der Waals surface area contributed by atoms with E-state index in [0.717, 1.165) is 35.0 Å². The van der Waals surface area contributed by atoms with Crippen LogP contribution in [0.25, 0.3) is 10.1 Å². The van der Waals surface area contributed by atoms with Gasteiger partial charge in [0.1, 0.15) is 4.88 Å². The number of nitrogens with one attached hydrogen (secondary N) is 1. The van der Waals surface area contributed by atoms with Crippen LogP contribution >= 0.6 is 34.7 Å². The Bertz CT molecular complexity index is 986. The molecule has 1 fully saturated rings. The van der Waals surface area contributed by atoms with Crippen LogP contribution in [0.1, 0.15) is 15.2 Å². The zero-order valence-electron chi connectivity index (χ0n) is 14.4. The van der Waals surface area contributed by atoms with Gasteiger partial charge in [-0.1, -0.05) is 17.7 Å². The van der Waals surface area contributed by atoms with Crippen LogP contribution in [0.15, 0.2) is 18.2 Å². The van der Waals surface area contributed by atoms with Crippen LogP contribution in [0.4, 0.5) is 13.2 Å². The summed E-state index contributed by atoms with van der Waals surface area (Å²) in [6.07, 6.45) is -4.49. The first kappa shape index (κ1) is 21.7. The minimum absolute atomic E-state index is 0.0575. The smallest absolute Gasteiger partial charge is 0.350 e. The number of hydrogen-bond acceptors (Lipinski definition) is 5. The molecule has 1 saturated heterocycles. The molecule has 1 aliphatic rings. The maximum Gasteiger partial charge on any atom is 0.416 e. The molecule has 154 valence electrons. The first-order chi connectivity index (χ1) is 13.1. The average Bonchev–Trinajstić information content (AvgIpc) is 2.98. The summed E-state index contributed by atoms with van der Waals surface area (Å²) in [5, 5.41) is 2.90. The molecule has 0 saturated carbocycles. The van der Waals surface area contributed by atoms with E-state index in [1.807, 2.05) is 0 Å². The van der Waals surface area contributed by atoms with Crippen molar-refractivity contribution in [1.82, 2.24) is 9.62 Å². The van der Waals surface area contributed by atoms with Gasteiger partial charge >= 0.3 is 6.18 Å². The van der Waals surface area contributed by atoms with Gasteiger partial charge in [0.15, 0.2) is 0 Å². The number of benzene rings is 1. The molecule has 1 aliphatic heterocycles. The molecule has 1 aromatic heterocycles. The minimum atomic E-state index is -4.49. The fourth-order valence-electron chi connectivity index (χ4n) is 2.72. The Labute approximate surface area is 173 Å². The third kappa shape index (κ3) is 4.76. The van der Waals surface area contributed by atoms with E-state index in [1.54, 1.807) is 11.8 Å². The third-order valence-corrected chi connectivity index (χ3v) is 8.64. The van der Waals surface area contributed by atoms with Crippen molar-refractivity contribution in [3.63, 3.8) is 0 Å². The average molecular weight is 473 g/mol. The number of carbonyl (C=O) groups is 1. The quantitative estimate of drug-likeness (QED) is 0.721. The second-order valence-corrected chi connectivity index (χ2v) is 10.8. The lowest BCUT2D eigenvalue weighted by atomic mass is 10.1. The number of carbonyl (C=O) groups excluding carboxylic acids is 1. The van der Waals surface area contributed by atoms with E-state index in [4.69, 9.17) is 11.6 Å². The van der Waals surface area contributed by atoms with Crippen LogP contribution in [0, 0.1) is 0 Å². The SMILES string of the molecule is O=C(NCCS(=O)(=O)N1CCSCC1)c1sc2cc(C(F)(F)F)ccc2c1Cl. The minimum Gasteiger partial charge on any atom is -0.350 e. The van der Waals surface area contributed by atoms with Gasteiger partial charge < -0.3 is 5.32 Å². The molecule has 0 aliphatic carbocycles. The molecular weight excluding hydrogens is 457 g/mol. The number of fused-ring (bicyclic) bond motifs is 1. The highest BCUT2D eigenvalue weighted by atomic mass is 35.5. The van der Waals surface area contributed by atoms with Crippen LogP contribution in [0.3, 0.4) is 0 Å². The molecule has 2 heterocycles. The number of halogens is 4. The summed E-state index contributed by atoms with van der Waals surface area (Å²) >= 11 is 8.68. The monoisotopic (exact) mass is 472 g/mol. The Morgan fingerprint density at radius 2 is 1.93 bits per heavy atom. The standard InChI is InChI=1S/C16H16ClF3N2O3S3/c17-13-11-2-1-10(16(18,19)20)9-12(11)27-14(13)15(23)21-3-8-28(24,25)22-4-6-26-7-5-22/h1-2,9H,3-8H2,(H,21,23). The van der Waals surface area contributed by atoms with E-state index in [0.29, 0.717) is 18.5 Å². The number of hydrogen-bond donors (Lipinski definition) is 1. The normalized spacial score (nSPS) is 16.4. The van der Waals surface area contributed by atoms with Gasteiger partial charge in [0.25, 0.3) is 5.91 Å². The second-order valence-electron chi connectivity index (χ2n) is 6.04. The van der Waals surface area contributed by atoms with E-state index in [2.05, 4.69) is 5.32 Å². The Kier molecular flexibility index (Phi) is 6.50. The summed E-state index contributed by atoms with van der Waals surface area (Å²) in [5.41, 5.74) is -0.823. The molecule has 0 radical (unpaired) electrons. The fraction of sp³-hybridized carbons (Fsp3) is 0.438. The van der Waals surface area contributed by atoms with Gasteiger partial charge in [-0.25, -0.2) is 12.7 Å². The molecule has 3 rings (SSSR count). The summed E-state index contributed by atoms with van der Waals surface area (Å²) in [5.74, 6) is 0.625. The maximum absolute atomic E-state index is 12.8. The molecular formula is C16H16ClF3N2O3S3. The summed E-state index contributed by atoms with van der Waals surface area (Å²) in [4.78, 5) is 12.4. The van der Waals surface area contributed by atoms with Crippen molar-refractivity contribution in [3.8, 4) is 0 Å². The first-order valence-corrected chi connectivity index (χ1v) is 12.2. The molecule has 0 bridgehead atoms. The fourth-order valence-corrected chi connectivity index (χ4v) is 6.68. The molecule has 0 spiro atoms. The number of sulfonamides is 1. The maximum atomic E-state index is 12.8. The lowest BCUT2D eigenvalue weighted by Gasteiger charge is -2.25. The Morgan fingerprint density at radius 3 is 2.57 bits per heavy atom. The van der Waals surface area contributed by atoms with Crippen molar-refractivity contribution < 1.29 is 26.4 Å². The van der Waals surface area contributed by atoms with Gasteiger partial charge in [0, 0.05) is 41.2 Å². The van der Waals surface area contributed by atoms with Crippen molar-refractivity contribution >= 4 is 60.7 Å². The van der Waals surface area contributed by atoms with Gasteiger partial charge in [0.05, 0.1) is 16.3 Å². The second kappa shape index (κ2) is 8.39. The highest BCUT2D eigenvalue weighted by molar-refractivity contribution is 7.99. The molecule has 0 unspecified atom stereocenters. The highest BCUT2D eigenvalue weighted by Gasteiger charge is 2.31. The molecule has 28 heavy (non-hydrogen) atoms. The van der Waals surface area contributed by atoms with Gasteiger partial charge in [0.2, 0.25) is 10.0 Å². The molecule has 5 nitrogen and oxygen atoms in total. The van der Waals surface area contributed by atoms with Crippen LogP contribution in [-0.4, -0.2) is 55.5 Å². The predicted molar refractivity (Wildman–Crippen MR) is 107 cm³/mol. The van der Waals surface area contributed by atoms with Crippen molar-refractivity contribution in [3.05, 3.63) is 33.7 Å². The number of amides is 1. The topological polar surface area (TPSA) is 66.5 Å². The Balaban J connectivity index is 1.68. The van der Waals surface area contributed by atoms with Crippen LogP contribution < -0.4 is 5.32 Å². The van der Waals surface area contributed by atoms with Gasteiger partial charge in [-0.15, -0.1) is 11.3 Å². The predicted octanol–water partition coefficient (Wildman–Crippen LogP) is 3.68. The largest absolute Gasteiger partial charge is 0.416 e. The summed E-state index contributed by atoms with van der Waals surface area (Å²) in [6.45, 7) is 0.790. The number of nitrogens with zero attached hydrogens (tertiary/aromatic N) is 1. The van der Waals surface area contributed by atoms with Crippen LogP contribution in [-0.2, 0) is 16.2 Å². The molecule has 0 atom stereocenters. The lowest BCUT2D eigenvalue weighted by molar-refractivity contribution is -0.137. The molecule has 1 aromatic carbocycles. The first-order valence-electron chi connectivity index (χ1n) is 8.22. The third-order valence-electron chi connectivity index (χ3n) is 4.17. The molecule has 1 N–H and O–H groups in total.